The molecule has 3 heteroatoms. The zero-order valence-corrected chi connectivity index (χ0v) is 12.3. The topological polar surface area (TPSA) is 30.7 Å². The minimum atomic E-state index is 0.951. The van der Waals surface area contributed by atoms with Crippen LogP contribution in [0.25, 0.3) is 28.1 Å². The quantitative estimate of drug-likeness (QED) is 0.546. The molecule has 4 aromatic rings. The predicted molar refractivity (Wildman–Crippen MR) is 89.0 cm³/mol. The van der Waals surface area contributed by atoms with Crippen LogP contribution in [-0.4, -0.2) is 14.5 Å². The number of rotatable bonds is 2. The van der Waals surface area contributed by atoms with Gasteiger partial charge in [-0.15, -0.1) is 0 Å². The third-order valence-corrected chi connectivity index (χ3v) is 3.76. The molecule has 0 saturated carbocycles. The maximum Gasteiger partial charge on any atom is 0.145 e. The number of aryl methyl sites for hydroxylation is 1. The molecule has 0 amide bonds. The fourth-order valence-corrected chi connectivity index (χ4v) is 2.72. The van der Waals surface area contributed by atoms with Crippen LogP contribution in [0.4, 0.5) is 0 Å². The van der Waals surface area contributed by atoms with E-state index < -0.39 is 0 Å². The summed E-state index contributed by atoms with van der Waals surface area (Å²) in [6.07, 6.45) is 3.62. The van der Waals surface area contributed by atoms with E-state index in [2.05, 4.69) is 46.8 Å². The lowest BCUT2D eigenvalue weighted by Crippen LogP contribution is -1.97. The van der Waals surface area contributed by atoms with Crippen molar-refractivity contribution in [2.45, 2.75) is 6.92 Å². The predicted octanol–water partition coefficient (Wildman–Crippen LogP) is 4.40. The van der Waals surface area contributed by atoms with Crippen molar-refractivity contribution in [2.24, 2.45) is 0 Å². The number of pyridine rings is 1. The van der Waals surface area contributed by atoms with Crippen molar-refractivity contribution in [1.29, 1.82) is 0 Å². The second-order valence-electron chi connectivity index (χ2n) is 5.33. The summed E-state index contributed by atoms with van der Waals surface area (Å²) in [4.78, 5) is 8.96. The first-order chi connectivity index (χ1) is 10.8. The van der Waals surface area contributed by atoms with Gasteiger partial charge in [0, 0.05) is 18.0 Å². The number of hydrogen-bond acceptors (Lipinski definition) is 2. The summed E-state index contributed by atoms with van der Waals surface area (Å²) in [5, 5.41) is 0. The van der Waals surface area contributed by atoms with Gasteiger partial charge in [0.25, 0.3) is 0 Å². The van der Waals surface area contributed by atoms with Crippen molar-refractivity contribution in [2.75, 3.05) is 0 Å². The smallest absolute Gasteiger partial charge is 0.145 e. The molecule has 0 bridgehead atoms. The minimum Gasteiger partial charge on any atom is -0.292 e. The van der Waals surface area contributed by atoms with E-state index in [1.165, 1.54) is 5.56 Å². The molecule has 0 aliphatic carbocycles. The van der Waals surface area contributed by atoms with E-state index in [1.807, 2.05) is 42.7 Å². The molecule has 106 valence electrons. The van der Waals surface area contributed by atoms with Crippen LogP contribution in [-0.2, 0) is 0 Å². The van der Waals surface area contributed by atoms with Gasteiger partial charge in [0.1, 0.15) is 5.82 Å². The molecule has 0 aliphatic heterocycles. The molecule has 2 aromatic heterocycles. The molecule has 2 heterocycles. The lowest BCUT2D eigenvalue weighted by Gasteiger charge is -2.09. The number of imidazole rings is 1. The van der Waals surface area contributed by atoms with Crippen LogP contribution in [0.5, 0.6) is 0 Å². The number of nitrogens with zero attached hydrogens (tertiary/aromatic N) is 3. The van der Waals surface area contributed by atoms with Gasteiger partial charge in [0.15, 0.2) is 0 Å². The number of aromatic nitrogens is 3. The second-order valence-corrected chi connectivity index (χ2v) is 5.33. The van der Waals surface area contributed by atoms with Gasteiger partial charge in [-0.25, -0.2) is 4.98 Å². The molecule has 2 aromatic carbocycles. The standard InChI is InChI=1S/C19H15N3/c1-14-7-8-17-18(13-14)22(16-9-11-20-12-10-16)19(21-17)15-5-3-2-4-6-15/h2-13H,1H3. The Morgan fingerprint density at radius 3 is 2.41 bits per heavy atom. The Kier molecular flexibility index (Phi) is 2.97. The van der Waals surface area contributed by atoms with Crippen LogP contribution in [0.2, 0.25) is 0 Å². The third kappa shape index (κ3) is 2.07. The van der Waals surface area contributed by atoms with E-state index in [-0.39, 0.29) is 0 Å². The van der Waals surface area contributed by atoms with E-state index in [9.17, 15) is 0 Å². The Hall–Kier alpha value is -2.94. The zero-order chi connectivity index (χ0) is 14.9. The highest BCUT2D eigenvalue weighted by Crippen LogP contribution is 2.28. The van der Waals surface area contributed by atoms with Crippen LogP contribution in [0.3, 0.4) is 0 Å². The van der Waals surface area contributed by atoms with Crippen molar-refractivity contribution in [3.63, 3.8) is 0 Å². The molecule has 0 aliphatic rings. The van der Waals surface area contributed by atoms with Crippen molar-refractivity contribution >= 4 is 11.0 Å². The molecule has 0 spiro atoms. The number of benzene rings is 2. The monoisotopic (exact) mass is 285 g/mol. The summed E-state index contributed by atoms with van der Waals surface area (Å²) in [6.45, 7) is 2.10. The Bertz CT molecular complexity index is 925. The zero-order valence-electron chi connectivity index (χ0n) is 12.3. The molecule has 4 rings (SSSR count). The molecule has 0 fully saturated rings. The Labute approximate surface area is 128 Å². The molecule has 22 heavy (non-hydrogen) atoms. The molecular weight excluding hydrogens is 270 g/mol. The first-order valence-corrected chi connectivity index (χ1v) is 7.28. The van der Waals surface area contributed by atoms with Crippen molar-refractivity contribution < 1.29 is 0 Å². The molecule has 0 atom stereocenters. The van der Waals surface area contributed by atoms with Gasteiger partial charge in [0.2, 0.25) is 0 Å². The summed E-state index contributed by atoms with van der Waals surface area (Å²) in [5.74, 6) is 0.951. The average molecular weight is 285 g/mol. The summed E-state index contributed by atoms with van der Waals surface area (Å²) in [5.41, 5.74) is 5.52. The normalized spacial score (nSPS) is 11.0. The largest absolute Gasteiger partial charge is 0.292 e. The molecule has 0 saturated heterocycles. The fraction of sp³-hybridized carbons (Fsp3) is 0.0526. The third-order valence-electron chi connectivity index (χ3n) is 3.76. The SMILES string of the molecule is Cc1ccc2nc(-c3ccccc3)n(-c3ccncc3)c2c1. The van der Waals surface area contributed by atoms with Gasteiger partial charge in [-0.3, -0.25) is 9.55 Å². The first-order valence-electron chi connectivity index (χ1n) is 7.28. The van der Waals surface area contributed by atoms with E-state index >= 15 is 0 Å². The van der Waals surface area contributed by atoms with Gasteiger partial charge in [-0.1, -0.05) is 36.4 Å². The van der Waals surface area contributed by atoms with Gasteiger partial charge in [-0.05, 0) is 36.8 Å². The number of fused-ring (bicyclic) bond motifs is 1. The second kappa shape index (κ2) is 5.11. The van der Waals surface area contributed by atoms with E-state index in [1.54, 1.807) is 0 Å². The van der Waals surface area contributed by atoms with E-state index in [0.29, 0.717) is 0 Å². The maximum absolute atomic E-state index is 4.84. The summed E-state index contributed by atoms with van der Waals surface area (Å²) in [6, 6.07) is 20.6. The first kappa shape index (κ1) is 12.8. The fourth-order valence-electron chi connectivity index (χ4n) is 2.72. The molecule has 0 N–H and O–H groups in total. The molecule has 3 nitrogen and oxygen atoms in total. The highest BCUT2D eigenvalue weighted by Gasteiger charge is 2.13. The molecular formula is C19H15N3. The van der Waals surface area contributed by atoms with Gasteiger partial charge >= 0.3 is 0 Å². The summed E-state index contributed by atoms with van der Waals surface area (Å²) >= 11 is 0. The summed E-state index contributed by atoms with van der Waals surface area (Å²) in [7, 11) is 0. The van der Waals surface area contributed by atoms with Crippen LogP contribution >= 0.6 is 0 Å². The minimum absolute atomic E-state index is 0.951. The highest BCUT2D eigenvalue weighted by atomic mass is 15.1. The van der Waals surface area contributed by atoms with Crippen molar-refractivity contribution in [3.05, 3.63) is 78.6 Å². The highest BCUT2D eigenvalue weighted by molar-refractivity contribution is 5.83. The Morgan fingerprint density at radius 2 is 1.64 bits per heavy atom. The lowest BCUT2D eigenvalue weighted by molar-refractivity contribution is 1.09. The van der Waals surface area contributed by atoms with Crippen LogP contribution in [0.1, 0.15) is 5.56 Å². The van der Waals surface area contributed by atoms with Crippen molar-refractivity contribution in [3.8, 4) is 17.1 Å². The Balaban J connectivity index is 2.08. The number of hydrogen-bond donors (Lipinski definition) is 0. The van der Waals surface area contributed by atoms with Gasteiger partial charge in [0.05, 0.1) is 16.7 Å². The van der Waals surface area contributed by atoms with E-state index in [4.69, 9.17) is 4.98 Å². The van der Waals surface area contributed by atoms with Gasteiger partial charge in [-0.2, -0.15) is 0 Å². The van der Waals surface area contributed by atoms with Gasteiger partial charge < -0.3 is 0 Å². The maximum atomic E-state index is 4.84. The van der Waals surface area contributed by atoms with Crippen LogP contribution in [0.15, 0.2) is 73.1 Å². The lowest BCUT2D eigenvalue weighted by atomic mass is 10.2. The van der Waals surface area contributed by atoms with Crippen LogP contribution in [0, 0.1) is 6.92 Å². The molecule has 0 unspecified atom stereocenters. The average Bonchev–Trinajstić information content (AvgIpc) is 2.95. The molecule has 0 radical (unpaired) electrons. The van der Waals surface area contributed by atoms with E-state index in [0.717, 1.165) is 28.1 Å². The van der Waals surface area contributed by atoms with Crippen molar-refractivity contribution in [1.82, 2.24) is 14.5 Å². The Morgan fingerprint density at radius 1 is 0.864 bits per heavy atom. The summed E-state index contributed by atoms with van der Waals surface area (Å²) < 4.78 is 2.19. The van der Waals surface area contributed by atoms with Crippen LogP contribution < -0.4 is 0 Å².